The van der Waals surface area contributed by atoms with E-state index in [0.717, 1.165) is 6.42 Å². The maximum absolute atomic E-state index is 11.8. The van der Waals surface area contributed by atoms with Crippen LogP contribution in [0.1, 0.15) is 150 Å². The van der Waals surface area contributed by atoms with E-state index in [1.165, 1.54) is 140 Å². The second-order valence-electron chi connectivity index (χ2n) is 10.8. The minimum atomic E-state index is -0.960. The summed E-state index contributed by atoms with van der Waals surface area (Å²) in [5.74, 6) is -0.216. The first-order valence-corrected chi connectivity index (χ1v) is 17.7. The van der Waals surface area contributed by atoms with Crippen molar-refractivity contribution in [1.29, 1.82) is 0 Å². The number of rotatable bonds is 26. The van der Waals surface area contributed by atoms with Crippen molar-refractivity contribution in [2.24, 2.45) is 0 Å². The molecule has 0 unspecified atom stereocenters. The second kappa shape index (κ2) is 24.3. The Hall–Kier alpha value is -0.360. The molecule has 0 aromatic heterocycles. The number of hydrogen-bond acceptors (Lipinski definition) is 2. The molecule has 0 rings (SSSR count). The Kier molecular flexibility index (Phi) is 24.1. The van der Waals surface area contributed by atoms with E-state index in [0.29, 0.717) is 12.2 Å². The van der Waals surface area contributed by atoms with Gasteiger partial charge in [-0.3, -0.25) is 0 Å². The first-order chi connectivity index (χ1) is 16.5. The van der Waals surface area contributed by atoms with Crippen molar-refractivity contribution in [1.82, 2.24) is 0 Å². The first kappa shape index (κ1) is 33.6. The molecule has 0 aliphatic heterocycles. The summed E-state index contributed by atoms with van der Waals surface area (Å²) in [6, 6.07) is 0. The standard InChI is InChI=1S/C31H62O2P/c1-6-9-12-15-18-21-26-34(27-22-19-16-13-10-7-2,28-23-20-17-14-11-8-3)29-24-25-33-31(32)30(4)5/h4,6-29H2,1-3,5H3/q+1. The molecule has 0 saturated heterocycles. The Morgan fingerprint density at radius 3 is 1.24 bits per heavy atom. The lowest BCUT2D eigenvalue weighted by Crippen LogP contribution is -2.15. The van der Waals surface area contributed by atoms with Gasteiger partial charge in [0.2, 0.25) is 0 Å². The predicted octanol–water partition coefficient (Wildman–Crippen LogP) is 10.6. The lowest BCUT2D eigenvalue weighted by atomic mass is 10.1. The van der Waals surface area contributed by atoms with Crippen LogP contribution in [-0.4, -0.2) is 37.2 Å². The highest BCUT2D eigenvalue weighted by molar-refractivity contribution is 7.75. The third-order valence-corrected chi connectivity index (χ3v) is 12.4. The topological polar surface area (TPSA) is 26.3 Å². The fourth-order valence-electron chi connectivity index (χ4n) is 5.04. The Morgan fingerprint density at radius 1 is 0.559 bits per heavy atom. The van der Waals surface area contributed by atoms with Crippen LogP contribution in [0.5, 0.6) is 0 Å². The van der Waals surface area contributed by atoms with Crippen molar-refractivity contribution in [2.75, 3.05) is 31.3 Å². The van der Waals surface area contributed by atoms with Crippen LogP contribution in [0.3, 0.4) is 0 Å². The van der Waals surface area contributed by atoms with Crippen LogP contribution in [0, 0.1) is 0 Å². The van der Waals surface area contributed by atoms with E-state index < -0.39 is 7.26 Å². The average Bonchev–Trinajstić information content (AvgIpc) is 2.83. The molecule has 0 aromatic rings. The Labute approximate surface area is 215 Å². The smallest absolute Gasteiger partial charge is 0.333 e. The van der Waals surface area contributed by atoms with E-state index in [9.17, 15) is 4.79 Å². The average molecular weight is 498 g/mol. The molecule has 0 aliphatic rings. The molecule has 0 spiro atoms. The largest absolute Gasteiger partial charge is 0.462 e. The number of esters is 1. The molecule has 0 N–H and O–H groups in total. The molecule has 0 saturated carbocycles. The zero-order valence-corrected chi connectivity index (χ0v) is 24.8. The fourth-order valence-corrected chi connectivity index (χ4v) is 9.87. The highest BCUT2D eigenvalue weighted by atomic mass is 31.2. The summed E-state index contributed by atoms with van der Waals surface area (Å²) in [5.41, 5.74) is 0.521. The molecule has 3 heteroatoms. The van der Waals surface area contributed by atoms with Gasteiger partial charge in [-0.2, -0.15) is 0 Å². The normalized spacial score (nSPS) is 11.6. The van der Waals surface area contributed by atoms with Crippen molar-refractivity contribution in [3.63, 3.8) is 0 Å². The molecule has 0 heterocycles. The molecule has 2 nitrogen and oxygen atoms in total. The summed E-state index contributed by atoms with van der Waals surface area (Å²) in [5, 5.41) is 0. The molecule has 0 aliphatic carbocycles. The van der Waals surface area contributed by atoms with Gasteiger partial charge in [0.25, 0.3) is 0 Å². The van der Waals surface area contributed by atoms with Crippen LogP contribution in [-0.2, 0) is 9.53 Å². The van der Waals surface area contributed by atoms with Gasteiger partial charge in [0, 0.05) is 19.3 Å². The summed E-state index contributed by atoms with van der Waals surface area (Å²) in [4.78, 5) is 11.8. The van der Waals surface area contributed by atoms with Crippen LogP contribution >= 0.6 is 7.26 Å². The van der Waals surface area contributed by atoms with Crippen molar-refractivity contribution < 1.29 is 9.53 Å². The van der Waals surface area contributed by atoms with Crippen molar-refractivity contribution in [2.45, 2.75) is 150 Å². The lowest BCUT2D eigenvalue weighted by molar-refractivity contribution is -0.138. The van der Waals surface area contributed by atoms with Gasteiger partial charge in [-0.25, -0.2) is 4.79 Å². The molecule has 0 aromatic carbocycles. The van der Waals surface area contributed by atoms with E-state index in [2.05, 4.69) is 27.4 Å². The van der Waals surface area contributed by atoms with E-state index in [4.69, 9.17) is 4.74 Å². The highest BCUT2D eigenvalue weighted by Crippen LogP contribution is 2.61. The predicted molar refractivity (Wildman–Crippen MR) is 157 cm³/mol. The van der Waals surface area contributed by atoms with Gasteiger partial charge in [0.15, 0.2) is 0 Å². The molecular weight excluding hydrogens is 435 g/mol. The summed E-state index contributed by atoms with van der Waals surface area (Å²) in [6.07, 6.45) is 32.0. The third-order valence-electron chi connectivity index (χ3n) is 7.32. The minimum absolute atomic E-state index is 0.216. The Balaban J connectivity index is 4.90. The third kappa shape index (κ3) is 19.9. The molecular formula is C31H62O2P+. The fraction of sp³-hybridized carbons (Fsp3) is 0.903. The molecule has 34 heavy (non-hydrogen) atoms. The first-order valence-electron chi connectivity index (χ1n) is 15.2. The molecule has 0 bridgehead atoms. The molecule has 0 amide bonds. The van der Waals surface area contributed by atoms with E-state index in [-0.39, 0.29) is 5.97 Å². The number of hydrogen-bond donors (Lipinski definition) is 0. The zero-order valence-electron chi connectivity index (χ0n) is 23.9. The lowest BCUT2D eigenvalue weighted by Gasteiger charge is -2.28. The van der Waals surface area contributed by atoms with Crippen LogP contribution in [0.25, 0.3) is 0 Å². The van der Waals surface area contributed by atoms with Gasteiger partial charge in [-0.15, -0.1) is 0 Å². The van der Waals surface area contributed by atoms with Gasteiger partial charge >= 0.3 is 5.97 Å². The Morgan fingerprint density at radius 2 is 0.882 bits per heavy atom. The van der Waals surface area contributed by atoms with Crippen molar-refractivity contribution in [3.8, 4) is 0 Å². The molecule has 0 atom stereocenters. The van der Waals surface area contributed by atoms with Crippen molar-refractivity contribution in [3.05, 3.63) is 12.2 Å². The zero-order chi connectivity index (χ0) is 25.3. The van der Waals surface area contributed by atoms with Gasteiger partial charge in [-0.05, 0) is 45.4 Å². The quantitative estimate of drug-likeness (QED) is 0.0514. The van der Waals surface area contributed by atoms with Gasteiger partial charge in [0.1, 0.15) is 0 Å². The summed E-state index contributed by atoms with van der Waals surface area (Å²) in [7, 11) is -0.960. The van der Waals surface area contributed by atoms with Gasteiger partial charge in [0.05, 0.1) is 31.3 Å². The molecule has 0 radical (unpaired) electrons. The maximum atomic E-state index is 11.8. The van der Waals surface area contributed by atoms with E-state index in [1.54, 1.807) is 6.92 Å². The van der Waals surface area contributed by atoms with Gasteiger partial charge < -0.3 is 4.74 Å². The minimum Gasteiger partial charge on any atom is -0.462 e. The maximum Gasteiger partial charge on any atom is 0.333 e. The summed E-state index contributed by atoms with van der Waals surface area (Å²) >= 11 is 0. The highest BCUT2D eigenvalue weighted by Gasteiger charge is 2.35. The Bertz CT molecular complexity index is 433. The molecule has 202 valence electrons. The number of ether oxygens (including phenoxy) is 1. The van der Waals surface area contributed by atoms with Crippen LogP contribution < -0.4 is 0 Å². The van der Waals surface area contributed by atoms with Gasteiger partial charge in [-0.1, -0.05) is 104 Å². The van der Waals surface area contributed by atoms with Crippen LogP contribution in [0.4, 0.5) is 0 Å². The summed E-state index contributed by atoms with van der Waals surface area (Å²) in [6.45, 7) is 13.0. The monoisotopic (exact) mass is 497 g/mol. The van der Waals surface area contributed by atoms with E-state index in [1.807, 2.05) is 0 Å². The van der Waals surface area contributed by atoms with Crippen molar-refractivity contribution >= 4 is 13.2 Å². The van der Waals surface area contributed by atoms with Crippen LogP contribution in [0.2, 0.25) is 0 Å². The SMILES string of the molecule is C=C(C)C(=O)OCCC[P+](CCCCCCCC)(CCCCCCCC)CCCCCCCC. The second-order valence-corrected chi connectivity index (χ2v) is 15.3. The number of carbonyl (C=O) groups excluding carboxylic acids is 1. The number of unbranched alkanes of at least 4 members (excludes halogenated alkanes) is 15. The van der Waals surface area contributed by atoms with Crippen LogP contribution in [0.15, 0.2) is 12.2 Å². The summed E-state index contributed by atoms with van der Waals surface area (Å²) < 4.78 is 5.49. The number of carbonyl (C=O) groups is 1. The molecule has 0 fully saturated rings. The van der Waals surface area contributed by atoms with E-state index >= 15 is 0 Å².